The number of fused-ring (bicyclic) bond motifs is 1. The first kappa shape index (κ1) is 20.4. The van der Waals surface area contributed by atoms with Crippen LogP contribution in [0.25, 0.3) is 0 Å². The molecule has 0 aliphatic carbocycles. The average Bonchev–Trinajstić information content (AvgIpc) is 3.20. The molecule has 1 heterocycles. The Kier molecular flexibility index (Phi) is 5.84. The van der Waals surface area contributed by atoms with Gasteiger partial charge in [-0.25, -0.2) is 9.82 Å². The highest BCUT2D eigenvalue weighted by Crippen LogP contribution is 2.29. The van der Waals surface area contributed by atoms with Crippen molar-refractivity contribution >= 4 is 17.8 Å². The Bertz CT molecular complexity index is 1130. The van der Waals surface area contributed by atoms with Crippen LogP contribution in [0.4, 0.5) is 10.1 Å². The number of halogens is 1. The second-order valence-electron chi connectivity index (χ2n) is 7.18. The number of hydrogen-bond acceptors (Lipinski definition) is 5. The highest BCUT2D eigenvalue weighted by molar-refractivity contribution is 5.95. The van der Waals surface area contributed by atoms with Gasteiger partial charge < -0.3 is 14.7 Å². The Morgan fingerprint density at radius 3 is 2.68 bits per heavy atom. The summed E-state index contributed by atoms with van der Waals surface area (Å²) in [5, 5.41) is 13.8. The number of carbonyl (C=O) groups excluding carboxylic acids is 1. The number of phenols is 1. The van der Waals surface area contributed by atoms with Crippen LogP contribution in [0.5, 0.6) is 11.5 Å². The predicted molar refractivity (Wildman–Crippen MR) is 117 cm³/mol. The SMILES string of the molecule is CCOc1cc(/C=N/NC(=O)c2ccc3c(c2)CN(c2ccc(F)cc2)C3)ccc1O. The number of nitrogens with one attached hydrogen (secondary N) is 1. The summed E-state index contributed by atoms with van der Waals surface area (Å²) in [6, 6.07) is 16.8. The number of aromatic hydroxyl groups is 1. The molecular formula is C24H22FN3O3. The molecule has 0 atom stereocenters. The van der Waals surface area contributed by atoms with E-state index in [0.29, 0.717) is 36.6 Å². The molecule has 6 nitrogen and oxygen atoms in total. The summed E-state index contributed by atoms with van der Waals surface area (Å²) in [5.74, 6) is -0.164. The van der Waals surface area contributed by atoms with Crippen LogP contribution in [0.1, 0.15) is 34.0 Å². The number of rotatable bonds is 6. The monoisotopic (exact) mass is 419 g/mol. The number of hydrogen-bond donors (Lipinski definition) is 2. The summed E-state index contributed by atoms with van der Waals surface area (Å²) in [5.41, 5.74) is 6.85. The molecule has 0 fully saturated rings. The van der Waals surface area contributed by atoms with Crippen LogP contribution < -0.4 is 15.1 Å². The molecule has 3 aromatic rings. The average molecular weight is 419 g/mol. The molecule has 31 heavy (non-hydrogen) atoms. The first-order chi connectivity index (χ1) is 15.0. The number of amides is 1. The Balaban J connectivity index is 1.41. The van der Waals surface area contributed by atoms with E-state index in [1.807, 2.05) is 19.1 Å². The van der Waals surface area contributed by atoms with Gasteiger partial charge in [0.15, 0.2) is 11.5 Å². The van der Waals surface area contributed by atoms with Gasteiger partial charge in [0.25, 0.3) is 5.91 Å². The Hall–Kier alpha value is -3.87. The van der Waals surface area contributed by atoms with Gasteiger partial charge in [-0.2, -0.15) is 5.10 Å². The fraction of sp³-hybridized carbons (Fsp3) is 0.167. The Morgan fingerprint density at radius 1 is 1.13 bits per heavy atom. The minimum Gasteiger partial charge on any atom is -0.504 e. The van der Waals surface area contributed by atoms with Crippen LogP contribution in [0.2, 0.25) is 0 Å². The van der Waals surface area contributed by atoms with Crippen molar-refractivity contribution in [3.8, 4) is 11.5 Å². The van der Waals surface area contributed by atoms with E-state index in [2.05, 4.69) is 15.4 Å². The van der Waals surface area contributed by atoms with Crippen LogP contribution in [-0.4, -0.2) is 23.8 Å². The Labute approximate surface area is 179 Å². The van der Waals surface area contributed by atoms with Gasteiger partial charge in [0.2, 0.25) is 0 Å². The molecule has 1 amide bonds. The number of benzene rings is 3. The summed E-state index contributed by atoms with van der Waals surface area (Å²) in [4.78, 5) is 14.6. The fourth-order valence-corrected chi connectivity index (χ4v) is 3.48. The van der Waals surface area contributed by atoms with Crippen molar-refractivity contribution < 1.29 is 19.0 Å². The van der Waals surface area contributed by atoms with Crippen molar-refractivity contribution in [2.75, 3.05) is 11.5 Å². The van der Waals surface area contributed by atoms with Gasteiger partial charge in [0.05, 0.1) is 12.8 Å². The summed E-state index contributed by atoms with van der Waals surface area (Å²) in [7, 11) is 0. The van der Waals surface area contributed by atoms with Crippen LogP contribution in [0, 0.1) is 5.82 Å². The lowest BCUT2D eigenvalue weighted by molar-refractivity contribution is 0.0955. The zero-order chi connectivity index (χ0) is 21.8. The molecule has 0 spiro atoms. The van der Waals surface area contributed by atoms with E-state index in [4.69, 9.17) is 4.74 Å². The van der Waals surface area contributed by atoms with E-state index in [1.165, 1.54) is 24.4 Å². The summed E-state index contributed by atoms with van der Waals surface area (Å²) in [6.07, 6.45) is 1.49. The van der Waals surface area contributed by atoms with E-state index in [0.717, 1.165) is 16.8 Å². The topological polar surface area (TPSA) is 74.2 Å². The van der Waals surface area contributed by atoms with Crippen LogP contribution in [0.3, 0.4) is 0 Å². The molecular weight excluding hydrogens is 397 g/mol. The minimum atomic E-state index is -0.317. The lowest BCUT2D eigenvalue weighted by Crippen LogP contribution is -2.18. The molecule has 0 saturated carbocycles. The minimum absolute atomic E-state index is 0.0517. The molecule has 0 radical (unpaired) electrons. The zero-order valence-corrected chi connectivity index (χ0v) is 17.0. The third-order valence-corrected chi connectivity index (χ3v) is 5.05. The third kappa shape index (κ3) is 4.66. The maximum atomic E-state index is 13.2. The molecule has 0 bridgehead atoms. The van der Waals surface area contributed by atoms with Crippen molar-refractivity contribution in [2.24, 2.45) is 5.10 Å². The van der Waals surface area contributed by atoms with Crippen molar-refractivity contribution in [2.45, 2.75) is 20.0 Å². The summed E-state index contributed by atoms with van der Waals surface area (Å²) in [6.45, 7) is 3.63. The van der Waals surface area contributed by atoms with Crippen molar-refractivity contribution in [1.82, 2.24) is 5.43 Å². The lowest BCUT2D eigenvalue weighted by atomic mass is 10.1. The van der Waals surface area contributed by atoms with Crippen molar-refractivity contribution in [3.63, 3.8) is 0 Å². The number of ether oxygens (including phenoxy) is 1. The maximum Gasteiger partial charge on any atom is 0.271 e. The van der Waals surface area contributed by atoms with Crippen molar-refractivity contribution in [3.05, 3.63) is 88.7 Å². The highest BCUT2D eigenvalue weighted by atomic mass is 19.1. The van der Waals surface area contributed by atoms with Gasteiger partial charge in [-0.05, 0) is 78.2 Å². The van der Waals surface area contributed by atoms with Crippen LogP contribution >= 0.6 is 0 Å². The molecule has 0 unspecified atom stereocenters. The van der Waals surface area contributed by atoms with Gasteiger partial charge in [0, 0.05) is 24.3 Å². The zero-order valence-electron chi connectivity index (χ0n) is 17.0. The summed E-state index contributed by atoms with van der Waals surface area (Å²) >= 11 is 0. The molecule has 3 aromatic carbocycles. The second-order valence-corrected chi connectivity index (χ2v) is 7.18. The smallest absolute Gasteiger partial charge is 0.271 e. The number of phenolic OH excluding ortho intramolecular Hbond substituents is 1. The molecule has 7 heteroatoms. The van der Waals surface area contributed by atoms with Crippen molar-refractivity contribution in [1.29, 1.82) is 0 Å². The highest BCUT2D eigenvalue weighted by Gasteiger charge is 2.20. The van der Waals surface area contributed by atoms with E-state index >= 15 is 0 Å². The van der Waals surface area contributed by atoms with Gasteiger partial charge in [0.1, 0.15) is 5.82 Å². The third-order valence-electron chi connectivity index (χ3n) is 5.05. The quantitative estimate of drug-likeness (QED) is 0.464. The second kappa shape index (κ2) is 8.87. The van der Waals surface area contributed by atoms with E-state index in [-0.39, 0.29) is 17.5 Å². The maximum absolute atomic E-state index is 13.2. The van der Waals surface area contributed by atoms with Gasteiger partial charge >= 0.3 is 0 Å². The van der Waals surface area contributed by atoms with Gasteiger partial charge in [-0.1, -0.05) is 6.07 Å². The number of carbonyl (C=O) groups is 1. The Morgan fingerprint density at radius 2 is 1.90 bits per heavy atom. The van der Waals surface area contributed by atoms with Gasteiger partial charge in [-0.15, -0.1) is 0 Å². The largest absolute Gasteiger partial charge is 0.504 e. The normalized spacial score (nSPS) is 12.8. The number of nitrogens with zero attached hydrogens (tertiary/aromatic N) is 2. The van der Waals surface area contributed by atoms with Gasteiger partial charge in [-0.3, -0.25) is 4.79 Å². The molecule has 4 rings (SSSR count). The molecule has 1 aliphatic rings. The van der Waals surface area contributed by atoms with Crippen LogP contribution in [-0.2, 0) is 13.1 Å². The summed E-state index contributed by atoms with van der Waals surface area (Å²) < 4.78 is 18.5. The first-order valence-corrected chi connectivity index (χ1v) is 9.95. The molecule has 2 N–H and O–H groups in total. The first-order valence-electron chi connectivity index (χ1n) is 9.95. The lowest BCUT2D eigenvalue weighted by Gasteiger charge is -2.17. The standard InChI is InChI=1S/C24H22FN3O3/c1-2-31-23-11-16(3-10-22(23)29)13-26-27-24(30)17-4-5-18-14-28(15-19(18)12-17)21-8-6-20(25)7-9-21/h3-13,29H,2,14-15H2,1H3,(H,27,30)/b26-13+. The van der Waals surface area contributed by atoms with E-state index < -0.39 is 0 Å². The van der Waals surface area contributed by atoms with E-state index in [1.54, 1.807) is 30.3 Å². The number of anilines is 1. The molecule has 1 aliphatic heterocycles. The molecule has 0 saturated heterocycles. The predicted octanol–water partition coefficient (Wildman–Crippen LogP) is 4.21. The molecule has 0 aromatic heterocycles. The number of hydrazone groups is 1. The molecule has 158 valence electrons. The van der Waals surface area contributed by atoms with E-state index in [9.17, 15) is 14.3 Å². The fourth-order valence-electron chi connectivity index (χ4n) is 3.48. The van der Waals surface area contributed by atoms with Crippen LogP contribution in [0.15, 0.2) is 65.8 Å².